The monoisotopic (exact) mass is 489 g/mol. The molecule has 3 heterocycles. The Morgan fingerprint density at radius 1 is 0.595 bits per heavy atom. The lowest BCUT2D eigenvalue weighted by molar-refractivity contribution is 1.25. The largest absolute Gasteiger partial charge is 0.248 e. The molecular weight excluding hydrogens is 470 g/mol. The maximum atomic E-state index is 9.22. The predicted octanol–water partition coefficient (Wildman–Crippen LogP) is 8.87. The smallest absolute Gasteiger partial charge is 0.141 e. The molecule has 0 amide bonds. The quantitative estimate of drug-likeness (QED) is 0.249. The number of thiophene rings is 1. The van der Waals surface area contributed by atoms with Crippen LogP contribution < -0.4 is 0 Å². The molecule has 0 aliphatic rings. The molecule has 0 saturated heterocycles. The summed E-state index contributed by atoms with van der Waals surface area (Å²) in [6, 6.07) is 40.1. The fourth-order valence-electron chi connectivity index (χ4n) is 5.06. The van der Waals surface area contributed by atoms with Crippen LogP contribution >= 0.6 is 11.3 Å². The van der Waals surface area contributed by atoms with Crippen LogP contribution in [0.25, 0.3) is 64.6 Å². The Bertz CT molecular complexity index is 2000. The first kappa shape index (κ1) is 21.4. The number of nitriles is 1. The molecule has 0 atom stereocenters. The molecule has 0 spiro atoms. The van der Waals surface area contributed by atoms with Gasteiger partial charge in [0.05, 0.1) is 11.4 Å². The molecule has 0 radical (unpaired) electrons. The van der Waals surface area contributed by atoms with Crippen molar-refractivity contribution in [2.24, 2.45) is 0 Å². The van der Waals surface area contributed by atoms with Gasteiger partial charge in [-0.3, -0.25) is 0 Å². The SMILES string of the molecule is N#Cc1cc(-c2cccc(-c3ccc4c(c3)sc3cc(-c5ccccc5)c5ccccc5c34)n2)ccn1. The van der Waals surface area contributed by atoms with Crippen LogP contribution in [-0.4, -0.2) is 9.97 Å². The summed E-state index contributed by atoms with van der Waals surface area (Å²) in [7, 11) is 0. The molecule has 3 nitrogen and oxygen atoms in total. The van der Waals surface area contributed by atoms with Crippen molar-refractivity contribution >= 4 is 42.3 Å². The molecular formula is C33H19N3S. The molecule has 172 valence electrons. The second-order valence-electron chi connectivity index (χ2n) is 8.97. The number of rotatable bonds is 3. The van der Waals surface area contributed by atoms with Crippen molar-refractivity contribution in [1.82, 2.24) is 9.97 Å². The highest BCUT2D eigenvalue weighted by Crippen LogP contribution is 2.43. The average molecular weight is 490 g/mol. The minimum absolute atomic E-state index is 0.387. The molecule has 0 saturated carbocycles. The Morgan fingerprint density at radius 3 is 2.16 bits per heavy atom. The van der Waals surface area contributed by atoms with Gasteiger partial charge in [0.2, 0.25) is 0 Å². The van der Waals surface area contributed by atoms with Crippen LogP contribution in [0.4, 0.5) is 0 Å². The number of aromatic nitrogens is 2. The molecule has 4 aromatic carbocycles. The molecule has 0 aliphatic heterocycles. The number of hydrogen-bond donors (Lipinski definition) is 0. The second kappa shape index (κ2) is 8.67. The third-order valence-corrected chi connectivity index (χ3v) is 7.88. The molecule has 0 aliphatic carbocycles. The van der Waals surface area contributed by atoms with Crippen LogP contribution in [0.15, 0.2) is 115 Å². The van der Waals surface area contributed by atoms with E-state index in [1.807, 2.05) is 35.6 Å². The lowest BCUT2D eigenvalue weighted by atomic mass is 9.95. The lowest BCUT2D eigenvalue weighted by Gasteiger charge is -2.09. The normalized spacial score (nSPS) is 11.2. The molecule has 0 N–H and O–H groups in total. The van der Waals surface area contributed by atoms with E-state index in [1.54, 1.807) is 12.3 Å². The highest BCUT2D eigenvalue weighted by molar-refractivity contribution is 7.26. The van der Waals surface area contributed by atoms with Gasteiger partial charge in [0, 0.05) is 37.5 Å². The molecule has 7 aromatic rings. The Balaban J connectivity index is 1.40. The minimum Gasteiger partial charge on any atom is -0.248 e. The van der Waals surface area contributed by atoms with Gasteiger partial charge in [0.1, 0.15) is 11.8 Å². The highest BCUT2D eigenvalue weighted by atomic mass is 32.1. The number of nitrogens with zero attached hydrogens (tertiary/aromatic N) is 3. The highest BCUT2D eigenvalue weighted by Gasteiger charge is 2.14. The molecule has 7 rings (SSSR count). The lowest BCUT2D eigenvalue weighted by Crippen LogP contribution is -1.89. The van der Waals surface area contributed by atoms with Crippen LogP contribution in [0.1, 0.15) is 5.69 Å². The van der Waals surface area contributed by atoms with Crippen molar-refractivity contribution in [3.05, 3.63) is 121 Å². The van der Waals surface area contributed by atoms with E-state index in [0.29, 0.717) is 5.69 Å². The van der Waals surface area contributed by atoms with E-state index in [9.17, 15) is 5.26 Å². The van der Waals surface area contributed by atoms with Gasteiger partial charge < -0.3 is 0 Å². The van der Waals surface area contributed by atoms with Gasteiger partial charge in [-0.05, 0) is 58.3 Å². The topological polar surface area (TPSA) is 49.6 Å². The summed E-state index contributed by atoms with van der Waals surface area (Å²) in [6.45, 7) is 0. The molecule has 4 heteroatoms. The Hall–Kier alpha value is -4.85. The molecule has 0 fully saturated rings. The van der Waals surface area contributed by atoms with Crippen LogP contribution in [0, 0.1) is 11.3 Å². The van der Waals surface area contributed by atoms with Gasteiger partial charge in [0.15, 0.2) is 0 Å². The number of fused-ring (bicyclic) bond motifs is 5. The molecule has 3 aromatic heterocycles. The van der Waals surface area contributed by atoms with Gasteiger partial charge in [-0.25, -0.2) is 9.97 Å². The van der Waals surface area contributed by atoms with Crippen LogP contribution in [0.2, 0.25) is 0 Å². The second-order valence-corrected chi connectivity index (χ2v) is 10.1. The van der Waals surface area contributed by atoms with Gasteiger partial charge in [-0.2, -0.15) is 5.26 Å². The fourth-order valence-corrected chi connectivity index (χ4v) is 6.26. The summed E-state index contributed by atoms with van der Waals surface area (Å²) in [4.78, 5) is 9.00. The maximum Gasteiger partial charge on any atom is 0.141 e. The van der Waals surface area contributed by atoms with Crippen molar-refractivity contribution in [2.45, 2.75) is 0 Å². The van der Waals surface area contributed by atoms with Crippen molar-refractivity contribution in [1.29, 1.82) is 5.26 Å². The first-order chi connectivity index (χ1) is 18.3. The third kappa shape index (κ3) is 3.65. The zero-order valence-electron chi connectivity index (χ0n) is 19.7. The van der Waals surface area contributed by atoms with E-state index in [4.69, 9.17) is 4.98 Å². The first-order valence-corrected chi connectivity index (χ1v) is 12.9. The predicted molar refractivity (Wildman–Crippen MR) is 153 cm³/mol. The standard InChI is InChI=1S/C33H19N3S/c34-20-24-17-23(15-16-35-24)30-12-6-11-29(36-30)22-13-14-27-31(18-22)37-32-19-28(21-7-2-1-3-8-21)25-9-4-5-10-26(25)33(27)32/h1-19H. The molecule has 37 heavy (non-hydrogen) atoms. The summed E-state index contributed by atoms with van der Waals surface area (Å²) in [5.41, 5.74) is 6.57. The summed E-state index contributed by atoms with van der Waals surface area (Å²) >= 11 is 1.83. The van der Waals surface area contributed by atoms with Crippen molar-refractivity contribution in [3.8, 4) is 39.7 Å². The number of hydrogen-bond acceptors (Lipinski definition) is 4. The summed E-state index contributed by atoms with van der Waals surface area (Å²) in [5.74, 6) is 0. The van der Waals surface area contributed by atoms with Crippen LogP contribution in [-0.2, 0) is 0 Å². The number of benzene rings is 4. The zero-order chi connectivity index (χ0) is 24.8. The Labute approximate surface area is 217 Å². The first-order valence-electron chi connectivity index (χ1n) is 12.1. The van der Waals surface area contributed by atoms with Crippen LogP contribution in [0.3, 0.4) is 0 Å². The van der Waals surface area contributed by atoms with Crippen molar-refractivity contribution < 1.29 is 0 Å². The van der Waals surface area contributed by atoms with Gasteiger partial charge >= 0.3 is 0 Å². The van der Waals surface area contributed by atoms with E-state index >= 15 is 0 Å². The van der Waals surface area contributed by atoms with E-state index in [2.05, 4.69) is 89.9 Å². The maximum absolute atomic E-state index is 9.22. The van der Waals surface area contributed by atoms with Gasteiger partial charge in [-0.1, -0.05) is 72.8 Å². The number of pyridine rings is 2. The van der Waals surface area contributed by atoms with Crippen molar-refractivity contribution in [2.75, 3.05) is 0 Å². The Kier molecular flexibility index (Phi) is 5.02. The molecule has 0 bridgehead atoms. The van der Waals surface area contributed by atoms with E-state index in [-0.39, 0.29) is 0 Å². The van der Waals surface area contributed by atoms with Crippen LogP contribution in [0.5, 0.6) is 0 Å². The van der Waals surface area contributed by atoms with Crippen molar-refractivity contribution in [3.63, 3.8) is 0 Å². The van der Waals surface area contributed by atoms with E-state index < -0.39 is 0 Å². The fraction of sp³-hybridized carbons (Fsp3) is 0. The zero-order valence-corrected chi connectivity index (χ0v) is 20.5. The average Bonchev–Trinajstić information content (AvgIpc) is 3.35. The van der Waals surface area contributed by atoms with E-state index in [1.165, 1.54) is 42.1 Å². The molecule has 0 unspecified atom stereocenters. The third-order valence-electron chi connectivity index (χ3n) is 6.78. The Morgan fingerprint density at radius 2 is 1.35 bits per heavy atom. The minimum atomic E-state index is 0.387. The summed E-state index contributed by atoms with van der Waals surface area (Å²) in [6.07, 6.45) is 1.65. The van der Waals surface area contributed by atoms with Gasteiger partial charge in [-0.15, -0.1) is 11.3 Å². The van der Waals surface area contributed by atoms with Gasteiger partial charge in [0.25, 0.3) is 0 Å². The summed E-state index contributed by atoms with van der Waals surface area (Å²) < 4.78 is 2.53. The van der Waals surface area contributed by atoms with E-state index in [0.717, 1.165) is 22.5 Å². The summed E-state index contributed by atoms with van der Waals surface area (Å²) in [5, 5.41) is 14.3.